The van der Waals surface area contributed by atoms with Gasteiger partial charge in [-0.1, -0.05) is 226 Å². The van der Waals surface area contributed by atoms with Crippen molar-refractivity contribution in [2.45, 2.75) is 89.4 Å². The molecular weight excluding hydrogens is 883 g/mol. The number of rotatable bonds is 7. The molecule has 0 fully saturated rings. The normalized spacial score (nSPS) is 15.3. The van der Waals surface area contributed by atoms with E-state index < -0.39 is 10.8 Å². The van der Waals surface area contributed by atoms with Crippen molar-refractivity contribution >= 4 is 22.7 Å². The van der Waals surface area contributed by atoms with Crippen LogP contribution < -0.4 is 4.90 Å². The van der Waals surface area contributed by atoms with Crippen LogP contribution in [-0.4, -0.2) is 0 Å². The van der Waals surface area contributed by atoms with Gasteiger partial charge >= 0.3 is 0 Å². The topological polar surface area (TPSA) is 31.4 Å². The van der Waals surface area contributed by atoms with Crippen molar-refractivity contribution in [3.8, 4) is 28.3 Å². The van der Waals surface area contributed by atoms with Crippen molar-refractivity contribution in [1.82, 2.24) is 0 Å². The molecule has 356 valence electrons. The molecule has 0 spiro atoms. The van der Waals surface area contributed by atoms with Crippen LogP contribution in [0.15, 0.2) is 206 Å². The molecule has 2 aliphatic carbocycles. The number of benzene rings is 9. The minimum atomic E-state index is -0.683. The molecule has 0 saturated carbocycles. The molecule has 0 radical (unpaired) electrons. The second-order valence-electron chi connectivity index (χ2n) is 23.2. The lowest BCUT2D eigenvalue weighted by molar-refractivity contribution is 0.588. The summed E-state index contributed by atoms with van der Waals surface area (Å²) in [6, 6.07) is 78.4. The Bertz CT molecular complexity index is 3590. The minimum absolute atomic E-state index is 0.0136. The van der Waals surface area contributed by atoms with E-state index in [-0.39, 0.29) is 16.2 Å². The smallest absolute Gasteiger partial charge is 0.190 e. The van der Waals surface area contributed by atoms with Crippen LogP contribution in [0.5, 0.6) is 0 Å². The van der Waals surface area contributed by atoms with Gasteiger partial charge in [0.2, 0.25) is 0 Å². The van der Waals surface area contributed by atoms with Crippen LogP contribution in [0.3, 0.4) is 0 Å². The zero-order valence-corrected chi connectivity index (χ0v) is 43.5. The number of nitriles is 1. The van der Waals surface area contributed by atoms with Gasteiger partial charge in [-0.25, -0.2) is 4.85 Å². The third-order valence-electron chi connectivity index (χ3n) is 15.8. The fourth-order valence-electron chi connectivity index (χ4n) is 12.0. The van der Waals surface area contributed by atoms with Crippen LogP contribution in [-0.2, 0) is 27.1 Å². The summed E-state index contributed by atoms with van der Waals surface area (Å²) in [5.41, 5.74) is 20.2. The summed E-state index contributed by atoms with van der Waals surface area (Å²) >= 11 is 0. The van der Waals surface area contributed by atoms with E-state index in [1.165, 1.54) is 83.5 Å². The second kappa shape index (κ2) is 17.2. The molecule has 0 heterocycles. The van der Waals surface area contributed by atoms with Gasteiger partial charge in [0.1, 0.15) is 0 Å². The maximum Gasteiger partial charge on any atom is 0.190 e. The Morgan fingerprint density at radius 1 is 0.384 bits per heavy atom. The summed E-state index contributed by atoms with van der Waals surface area (Å²) in [6.07, 6.45) is 0. The van der Waals surface area contributed by atoms with Crippen molar-refractivity contribution in [2.24, 2.45) is 0 Å². The fraction of sp³-hybridized carbons (Fsp3) is 0.200. The molecule has 0 aromatic heterocycles. The quantitative estimate of drug-likeness (QED) is 0.149. The first kappa shape index (κ1) is 47.1. The maximum absolute atomic E-state index is 10.5. The van der Waals surface area contributed by atoms with Gasteiger partial charge < -0.3 is 4.90 Å². The molecule has 0 aliphatic heterocycles. The van der Waals surface area contributed by atoms with Crippen molar-refractivity contribution in [1.29, 1.82) is 5.26 Å². The van der Waals surface area contributed by atoms with E-state index in [2.05, 4.69) is 266 Å². The summed E-state index contributed by atoms with van der Waals surface area (Å²) in [5.74, 6) is 0. The first-order valence-corrected chi connectivity index (χ1v) is 25.6. The lowest BCUT2D eigenvalue weighted by Gasteiger charge is -2.36. The Balaban J connectivity index is 1.21. The molecule has 0 saturated heterocycles. The molecule has 0 bridgehead atoms. The standard InChI is InChI=1S/C70H61N3/c1-66(2,3)47-24-30-51(31-25-47)69(50-18-12-11-13-19-50)62-22-16-14-20-58(62)60-38-36-55(43-64(60)69)73(57-41-46(45-71)40-54(42-57)72-10)56-37-39-61-59-21-15-17-23-63(59)70(65(61)44-56,52-32-26-48(27-33-52)67(4,5)6)53-34-28-49(29-35-53)68(7,8)9/h11-44H,1-9H3. The van der Waals surface area contributed by atoms with Gasteiger partial charge in [-0.3, -0.25) is 0 Å². The molecular formula is C70H61N3. The molecule has 0 amide bonds. The molecule has 73 heavy (non-hydrogen) atoms. The number of nitrogens with zero attached hydrogens (tertiary/aromatic N) is 3. The highest BCUT2D eigenvalue weighted by Crippen LogP contribution is 2.60. The zero-order valence-electron chi connectivity index (χ0n) is 43.5. The van der Waals surface area contributed by atoms with Crippen LogP contribution in [0.25, 0.3) is 27.1 Å². The summed E-state index contributed by atoms with van der Waals surface area (Å²) in [5, 5.41) is 10.5. The van der Waals surface area contributed by atoms with Gasteiger partial charge in [0, 0.05) is 22.6 Å². The van der Waals surface area contributed by atoms with Crippen LogP contribution in [0.4, 0.5) is 22.7 Å². The average Bonchev–Trinajstić information content (AvgIpc) is 3.86. The lowest BCUT2D eigenvalue weighted by atomic mass is 9.66. The number of fused-ring (bicyclic) bond motifs is 6. The van der Waals surface area contributed by atoms with E-state index in [0.717, 1.165) is 17.1 Å². The Kier molecular flexibility index (Phi) is 11.1. The SMILES string of the molecule is [C-]#[N+]c1cc(C#N)cc(N(c2ccc3c(c2)C(c2ccccc2)(c2ccc(C(C)(C)C)cc2)c2ccccc2-3)c2ccc3c(c2)C(c2ccc(C(C)(C)C)cc2)(c2ccc(C(C)(C)C)cc2)c2ccccc2-3)c1. The largest absolute Gasteiger partial charge is 0.312 e. The van der Waals surface area contributed by atoms with Crippen molar-refractivity contribution < 1.29 is 0 Å². The lowest BCUT2D eigenvalue weighted by Crippen LogP contribution is -2.29. The maximum atomic E-state index is 10.5. The van der Waals surface area contributed by atoms with Crippen LogP contribution in [0.1, 0.15) is 129 Å². The number of hydrogen-bond acceptors (Lipinski definition) is 2. The average molecular weight is 944 g/mol. The molecule has 2 aliphatic rings. The first-order chi connectivity index (χ1) is 35.0. The van der Waals surface area contributed by atoms with Gasteiger partial charge in [0.05, 0.1) is 23.5 Å². The molecule has 11 rings (SSSR count). The van der Waals surface area contributed by atoms with Crippen LogP contribution in [0, 0.1) is 17.9 Å². The predicted octanol–water partition coefficient (Wildman–Crippen LogP) is 18.2. The van der Waals surface area contributed by atoms with Crippen molar-refractivity contribution in [3.05, 3.63) is 284 Å². The Labute approximate surface area is 432 Å². The van der Waals surface area contributed by atoms with E-state index >= 15 is 0 Å². The molecule has 3 heteroatoms. The molecule has 1 atom stereocenters. The van der Waals surface area contributed by atoms with Gasteiger partial charge in [0.25, 0.3) is 0 Å². The number of anilines is 3. The molecule has 1 unspecified atom stereocenters. The molecule has 3 nitrogen and oxygen atoms in total. The van der Waals surface area contributed by atoms with Crippen LogP contribution in [0.2, 0.25) is 0 Å². The summed E-state index contributed by atoms with van der Waals surface area (Å²) in [7, 11) is 0. The third kappa shape index (κ3) is 7.53. The summed E-state index contributed by atoms with van der Waals surface area (Å²) in [4.78, 5) is 6.20. The molecule has 0 N–H and O–H groups in total. The Morgan fingerprint density at radius 2 is 0.753 bits per heavy atom. The fourth-order valence-corrected chi connectivity index (χ4v) is 12.0. The van der Waals surface area contributed by atoms with E-state index in [9.17, 15) is 5.26 Å². The van der Waals surface area contributed by atoms with E-state index in [1.54, 1.807) is 6.07 Å². The van der Waals surface area contributed by atoms with Gasteiger partial charge in [-0.05, 0) is 142 Å². The minimum Gasteiger partial charge on any atom is -0.312 e. The highest BCUT2D eigenvalue weighted by atomic mass is 15.1. The van der Waals surface area contributed by atoms with Gasteiger partial charge in [0.15, 0.2) is 5.69 Å². The predicted molar refractivity (Wildman–Crippen MR) is 303 cm³/mol. The van der Waals surface area contributed by atoms with Gasteiger partial charge in [-0.15, -0.1) is 0 Å². The Hall–Kier alpha value is -8.24. The summed E-state index contributed by atoms with van der Waals surface area (Å²) < 4.78 is 0. The highest BCUT2D eigenvalue weighted by Gasteiger charge is 2.48. The third-order valence-corrected chi connectivity index (χ3v) is 15.8. The van der Waals surface area contributed by atoms with Crippen molar-refractivity contribution in [3.63, 3.8) is 0 Å². The highest BCUT2D eigenvalue weighted by molar-refractivity contribution is 5.92. The summed E-state index contributed by atoms with van der Waals surface area (Å²) in [6.45, 7) is 28.7. The molecule has 9 aromatic rings. The van der Waals surface area contributed by atoms with Crippen LogP contribution >= 0.6 is 0 Å². The number of hydrogen-bond donors (Lipinski definition) is 0. The van der Waals surface area contributed by atoms with Gasteiger partial charge in [-0.2, -0.15) is 5.26 Å². The van der Waals surface area contributed by atoms with E-state index in [4.69, 9.17) is 6.57 Å². The Morgan fingerprint density at radius 3 is 1.14 bits per heavy atom. The second-order valence-corrected chi connectivity index (χ2v) is 23.2. The zero-order chi connectivity index (χ0) is 51.1. The van der Waals surface area contributed by atoms with Crippen molar-refractivity contribution in [2.75, 3.05) is 4.90 Å². The molecule has 9 aromatic carbocycles. The first-order valence-electron chi connectivity index (χ1n) is 25.6. The van der Waals surface area contributed by atoms with E-state index in [1.807, 2.05) is 12.1 Å². The van der Waals surface area contributed by atoms with E-state index in [0.29, 0.717) is 11.3 Å². The monoisotopic (exact) mass is 943 g/mol.